The molecule has 40 heavy (non-hydrogen) atoms. The quantitative estimate of drug-likeness (QED) is 0.333. The number of fused-ring (bicyclic) bond motifs is 1. The third-order valence-electron chi connectivity index (χ3n) is 6.81. The van der Waals surface area contributed by atoms with Crippen molar-refractivity contribution < 1.29 is 24.1 Å². The second-order valence-electron chi connectivity index (χ2n) is 9.68. The molecule has 1 amide bonds. The minimum atomic E-state index is -1.01. The molecule has 0 radical (unpaired) electrons. The van der Waals surface area contributed by atoms with Crippen LogP contribution in [0.15, 0.2) is 40.2 Å². The highest BCUT2D eigenvalue weighted by molar-refractivity contribution is 7.21. The van der Waals surface area contributed by atoms with Crippen molar-refractivity contribution in [2.24, 2.45) is 0 Å². The van der Waals surface area contributed by atoms with Gasteiger partial charge in [0, 0.05) is 25.7 Å². The highest BCUT2D eigenvalue weighted by Crippen LogP contribution is 2.33. The van der Waals surface area contributed by atoms with Crippen molar-refractivity contribution in [3.05, 3.63) is 68.4 Å². The summed E-state index contributed by atoms with van der Waals surface area (Å²) in [5, 5.41) is 24.6. The first kappa shape index (κ1) is 29.1. The number of hydrogen-bond acceptors (Lipinski definition) is 9. The number of halogens is 1. The van der Waals surface area contributed by atoms with Crippen molar-refractivity contribution in [1.82, 2.24) is 29.0 Å². The van der Waals surface area contributed by atoms with Gasteiger partial charge in [0.25, 0.3) is 5.56 Å². The first-order valence-corrected chi connectivity index (χ1v) is 13.3. The van der Waals surface area contributed by atoms with Crippen LogP contribution in [0.4, 0.5) is 4.39 Å². The third-order valence-corrected chi connectivity index (χ3v) is 8.09. The standard InChI is InChI=1S/C24H25FN6O4S.C2H6O2/c1-14-19-20(33)30(24(2)12-18(32)28(3)13-24)23(34)29(22(19)36-21(14)31-26-8-9-27-31)10-7-15-11-16(25)5-6-17(15)35-4;3-1-2-4/h5-6,8-9,11H,7,10,12-13H2,1-4H3;3-4H,1-2H2. The lowest BCUT2D eigenvalue weighted by Crippen LogP contribution is -2.51. The Morgan fingerprint density at radius 3 is 2.40 bits per heavy atom. The summed E-state index contributed by atoms with van der Waals surface area (Å²) in [7, 11) is 3.16. The largest absolute Gasteiger partial charge is 0.496 e. The average Bonchev–Trinajstić information content (AvgIpc) is 3.62. The lowest BCUT2D eigenvalue weighted by Gasteiger charge is -2.26. The van der Waals surface area contributed by atoms with Crippen molar-refractivity contribution in [3.63, 3.8) is 0 Å². The number of likely N-dealkylation sites (N-methyl/N-ethyl adjacent to an activating group) is 1. The molecule has 14 heteroatoms. The summed E-state index contributed by atoms with van der Waals surface area (Å²) in [6.07, 6.45) is 3.40. The third kappa shape index (κ3) is 5.29. The molecule has 5 rings (SSSR count). The van der Waals surface area contributed by atoms with E-state index < -0.39 is 22.6 Å². The van der Waals surface area contributed by atoms with Crippen LogP contribution in [0.5, 0.6) is 5.75 Å². The lowest BCUT2D eigenvalue weighted by molar-refractivity contribution is -0.126. The summed E-state index contributed by atoms with van der Waals surface area (Å²) < 4.78 is 22.1. The van der Waals surface area contributed by atoms with Gasteiger partial charge in [-0.15, -0.1) is 4.80 Å². The van der Waals surface area contributed by atoms with E-state index in [4.69, 9.17) is 14.9 Å². The van der Waals surface area contributed by atoms with E-state index in [1.807, 2.05) is 0 Å². The number of aliphatic hydroxyl groups is 2. The molecule has 2 N–H and O–H groups in total. The normalized spacial score (nSPS) is 16.9. The van der Waals surface area contributed by atoms with E-state index in [1.165, 1.54) is 61.8 Å². The number of aliphatic hydroxyl groups excluding tert-OH is 2. The molecule has 214 valence electrons. The number of benzene rings is 1. The molecule has 12 nitrogen and oxygen atoms in total. The monoisotopic (exact) mass is 574 g/mol. The highest BCUT2D eigenvalue weighted by atomic mass is 32.1. The van der Waals surface area contributed by atoms with Gasteiger partial charge in [-0.05, 0) is 44.0 Å². The number of rotatable bonds is 7. The van der Waals surface area contributed by atoms with Crippen LogP contribution in [0.1, 0.15) is 24.5 Å². The van der Waals surface area contributed by atoms with Gasteiger partial charge in [-0.1, -0.05) is 11.3 Å². The number of carbonyl (C=O) groups excluding carboxylic acids is 1. The maximum Gasteiger partial charge on any atom is 0.332 e. The van der Waals surface area contributed by atoms with E-state index in [0.717, 1.165) is 0 Å². The summed E-state index contributed by atoms with van der Waals surface area (Å²) in [6.45, 7) is 3.70. The predicted molar refractivity (Wildman–Crippen MR) is 147 cm³/mol. The van der Waals surface area contributed by atoms with Crippen LogP contribution in [0.2, 0.25) is 0 Å². The Morgan fingerprint density at radius 2 is 1.82 bits per heavy atom. The first-order valence-electron chi connectivity index (χ1n) is 12.5. The van der Waals surface area contributed by atoms with Crippen LogP contribution < -0.4 is 16.0 Å². The Bertz CT molecular complexity index is 1640. The van der Waals surface area contributed by atoms with Crippen molar-refractivity contribution in [3.8, 4) is 10.8 Å². The van der Waals surface area contributed by atoms with Gasteiger partial charge in [0.1, 0.15) is 21.4 Å². The molecule has 1 aromatic carbocycles. The Labute approximate surface area is 232 Å². The number of aryl methyl sites for hydroxylation is 3. The molecular formula is C26H31FN6O6S. The van der Waals surface area contributed by atoms with E-state index in [9.17, 15) is 18.8 Å². The van der Waals surface area contributed by atoms with Gasteiger partial charge in [-0.25, -0.2) is 9.18 Å². The fourth-order valence-electron chi connectivity index (χ4n) is 4.96. The minimum Gasteiger partial charge on any atom is -0.496 e. The van der Waals surface area contributed by atoms with Gasteiger partial charge >= 0.3 is 5.69 Å². The van der Waals surface area contributed by atoms with Crippen LogP contribution in [0.25, 0.3) is 15.2 Å². The van der Waals surface area contributed by atoms with E-state index >= 15 is 0 Å². The van der Waals surface area contributed by atoms with Crippen LogP contribution in [0.3, 0.4) is 0 Å². The Hall–Kier alpha value is -3.88. The number of aromatic nitrogens is 5. The molecular weight excluding hydrogens is 543 g/mol. The summed E-state index contributed by atoms with van der Waals surface area (Å²) in [6, 6.07) is 4.23. The molecule has 1 aliphatic heterocycles. The zero-order valence-electron chi connectivity index (χ0n) is 22.6. The predicted octanol–water partition coefficient (Wildman–Crippen LogP) is 1.05. The van der Waals surface area contributed by atoms with Crippen LogP contribution in [-0.4, -0.2) is 79.1 Å². The van der Waals surface area contributed by atoms with Crippen LogP contribution in [-0.2, 0) is 23.3 Å². The molecule has 0 bridgehead atoms. The van der Waals surface area contributed by atoms with E-state index in [-0.39, 0.29) is 45.1 Å². The van der Waals surface area contributed by atoms with E-state index in [1.54, 1.807) is 27.0 Å². The van der Waals surface area contributed by atoms with Gasteiger partial charge in [0.15, 0.2) is 0 Å². The summed E-state index contributed by atoms with van der Waals surface area (Å²) in [4.78, 5) is 43.6. The minimum absolute atomic E-state index is 0.0403. The van der Waals surface area contributed by atoms with Crippen LogP contribution >= 0.6 is 11.3 Å². The Kier molecular flexibility index (Phi) is 8.51. The lowest BCUT2D eigenvalue weighted by atomic mass is 10.0. The summed E-state index contributed by atoms with van der Waals surface area (Å²) in [5.41, 5.74) is -0.741. The summed E-state index contributed by atoms with van der Waals surface area (Å²) >= 11 is 1.24. The van der Waals surface area contributed by atoms with Crippen LogP contribution in [0, 0.1) is 12.7 Å². The molecule has 1 unspecified atom stereocenters. The molecule has 3 aromatic heterocycles. The fourth-order valence-corrected chi connectivity index (χ4v) is 6.20. The zero-order chi connectivity index (χ0) is 29.2. The molecule has 4 heterocycles. The van der Waals surface area contributed by atoms with Crippen molar-refractivity contribution in [1.29, 1.82) is 0 Å². The van der Waals surface area contributed by atoms with Crippen molar-refractivity contribution in [2.45, 2.75) is 38.8 Å². The molecule has 1 aliphatic rings. The first-order chi connectivity index (χ1) is 19.1. The Balaban J connectivity index is 0.000000867. The molecule has 1 fully saturated rings. The molecule has 1 atom stereocenters. The second kappa shape index (κ2) is 11.7. The number of ether oxygens (including phenoxy) is 1. The van der Waals surface area contributed by atoms with Gasteiger partial charge < -0.3 is 19.8 Å². The molecule has 0 aliphatic carbocycles. The average molecular weight is 575 g/mol. The maximum atomic E-state index is 14.0. The second-order valence-corrected chi connectivity index (χ2v) is 10.7. The molecule has 0 spiro atoms. The zero-order valence-corrected chi connectivity index (χ0v) is 23.4. The van der Waals surface area contributed by atoms with E-state index in [0.29, 0.717) is 32.1 Å². The number of nitrogens with zero attached hydrogens (tertiary/aromatic N) is 6. The fraction of sp³-hybridized carbons (Fsp3) is 0.423. The smallest absolute Gasteiger partial charge is 0.332 e. The number of methoxy groups -OCH3 is 1. The molecule has 1 saturated heterocycles. The van der Waals surface area contributed by atoms with Crippen molar-refractivity contribution >= 4 is 27.5 Å². The summed E-state index contributed by atoms with van der Waals surface area (Å²) in [5.74, 6) is -0.0384. The van der Waals surface area contributed by atoms with Gasteiger partial charge in [0.05, 0.1) is 50.1 Å². The van der Waals surface area contributed by atoms with Gasteiger partial charge in [0.2, 0.25) is 5.91 Å². The number of thiophene rings is 1. The van der Waals surface area contributed by atoms with E-state index in [2.05, 4.69) is 10.2 Å². The topological polar surface area (TPSA) is 145 Å². The van der Waals surface area contributed by atoms with Crippen molar-refractivity contribution in [2.75, 3.05) is 33.9 Å². The number of hydrogen-bond donors (Lipinski definition) is 2. The number of likely N-dealkylation sites (tertiary alicyclic amines) is 1. The number of amides is 1. The highest BCUT2D eigenvalue weighted by Gasteiger charge is 2.42. The SMILES string of the molecule is COc1ccc(F)cc1CCn1c(=O)n(C2(C)CC(=O)N(C)C2)c(=O)c2c(C)c(-n3nccn3)sc21.OCCO. The van der Waals surface area contributed by atoms with Gasteiger partial charge in [-0.2, -0.15) is 10.2 Å². The molecule has 4 aromatic rings. The molecule has 0 saturated carbocycles. The number of carbonyl (C=O) groups is 1. The van der Waals surface area contributed by atoms with Gasteiger partial charge in [-0.3, -0.25) is 18.7 Å². The Morgan fingerprint density at radius 1 is 1.15 bits per heavy atom. The maximum absolute atomic E-state index is 14.0.